The smallest absolute Gasteiger partial charge is 0.354 e. The second kappa shape index (κ2) is 7.81. The van der Waals surface area contributed by atoms with E-state index in [1.54, 1.807) is 35.1 Å². The van der Waals surface area contributed by atoms with Crippen LogP contribution in [0, 0.1) is 11.8 Å². The van der Waals surface area contributed by atoms with Gasteiger partial charge in [0.2, 0.25) is 5.91 Å². The van der Waals surface area contributed by atoms with Gasteiger partial charge in [-0.2, -0.15) is 0 Å². The second-order valence-electron chi connectivity index (χ2n) is 7.10. The molecule has 1 saturated carbocycles. The molecule has 2 aromatic rings. The normalized spacial score (nSPS) is 22.8. The maximum atomic E-state index is 12.7. The molecule has 2 aromatic heterocycles. The molecule has 1 amide bonds. The Kier molecular flexibility index (Phi) is 5.49. The summed E-state index contributed by atoms with van der Waals surface area (Å²) in [5.41, 5.74) is 1.01. The van der Waals surface area contributed by atoms with Crippen LogP contribution in [0.1, 0.15) is 43.6 Å². The van der Waals surface area contributed by atoms with E-state index < -0.39 is 5.97 Å². The fourth-order valence-electron chi connectivity index (χ4n) is 3.74. The molecule has 3 rings (SSSR count). The van der Waals surface area contributed by atoms with Gasteiger partial charge in [-0.25, -0.2) is 4.79 Å². The first-order chi connectivity index (χ1) is 12.5. The van der Waals surface area contributed by atoms with Gasteiger partial charge in [-0.15, -0.1) is 0 Å². The van der Waals surface area contributed by atoms with E-state index in [0.29, 0.717) is 29.0 Å². The zero-order chi connectivity index (χ0) is 18.7. The molecular formula is C20H26N2O4. The molecule has 6 heteroatoms. The van der Waals surface area contributed by atoms with Crippen molar-refractivity contribution < 1.29 is 18.7 Å². The fraction of sp³-hybridized carbons (Fsp3) is 0.500. The molecule has 2 heterocycles. The average Bonchev–Trinajstić information content (AvgIpc) is 3.28. The van der Waals surface area contributed by atoms with Crippen LogP contribution in [-0.2, 0) is 16.1 Å². The van der Waals surface area contributed by atoms with Crippen LogP contribution in [0.3, 0.4) is 0 Å². The van der Waals surface area contributed by atoms with E-state index in [1.165, 1.54) is 13.5 Å². The van der Waals surface area contributed by atoms with Crippen molar-refractivity contribution in [2.45, 2.75) is 45.7 Å². The number of hydrogen-bond donors (Lipinski definition) is 1. The van der Waals surface area contributed by atoms with E-state index in [0.717, 1.165) is 12.8 Å². The number of methoxy groups -OCH3 is 1. The molecule has 6 nitrogen and oxygen atoms in total. The van der Waals surface area contributed by atoms with Crippen LogP contribution < -0.4 is 5.32 Å². The Hall–Kier alpha value is -2.50. The number of nitrogens with zero attached hydrogens (tertiary/aromatic N) is 1. The van der Waals surface area contributed by atoms with Gasteiger partial charge in [0.15, 0.2) is 0 Å². The topological polar surface area (TPSA) is 73.5 Å². The molecule has 26 heavy (non-hydrogen) atoms. The van der Waals surface area contributed by atoms with Crippen LogP contribution in [0.5, 0.6) is 0 Å². The minimum atomic E-state index is -0.477. The molecule has 1 aliphatic rings. The standard InChI is InChI=1S/C20H26N2O4/c1-13-6-4-7-15(14(13)2)21-19(23)12-22-16(18-8-5-11-26-18)9-10-17(22)20(24)25-3/h5,8-11,13-15H,4,6-7,12H2,1-3H3,(H,21,23). The lowest BCUT2D eigenvalue weighted by Gasteiger charge is -2.34. The number of amides is 1. The molecule has 0 bridgehead atoms. The van der Waals surface area contributed by atoms with Crippen LogP contribution in [0.4, 0.5) is 0 Å². The molecular weight excluding hydrogens is 332 g/mol. The van der Waals surface area contributed by atoms with Crippen molar-refractivity contribution in [2.24, 2.45) is 11.8 Å². The lowest BCUT2D eigenvalue weighted by atomic mass is 9.78. The van der Waals surface area contributed by atoms with Crippen molar-refractivity contribution in [1.29, 1.82) is 0 Å². The van der Waals surface area contributed by atoms with Gasteiger partial charge in [-0.05, 0) is 42.5 Å². The molecule has 140 valence electrons. The predicted octanol–water partition coefficient (Wildman–Crippen LogP) is 3.48. The Morgan fingerprint density at radius 1 is 1.27 bits per heavy atom. The number of nitrogens with one attached hydrogen (secondary N) is 1. The number of carbonyl (C=O) groups excluding carboxylic acids is 2. The van der Waals surface area contributed by atoms with Crippen molar-refractivity contribution in [2.75, 3.05) is 7.11 Å². The zero-order valence-corrected chi connectivity index (χ0v) is 15.5. The van der Waals surface area contributed by atoms with Crippen LogP contribution in [-0.4, -0.2) is 29.6 Å². The summed E-state index contributed by atoms with van der Waals surface area (Å²) in [6.45, 7) is 4.48. The highest BCUT2D eigenvalue weighted by Gasteiger charge is 2.29. The van der Waals surface area contributed by atoms with Crippen LogP contribution >= 0.6 is 0 Å². The number of furan rings is 1. The van der Waals surface area contributed by atoms with Crippen molar-refractivity contribution >= 4 is 11.9 Å². The minimum Gasteiger partial charge on any atom is -0.464 e. The maximum Gasteiger partial charge on any atom is 0.354 e. The van der Waals surface area contributed by atoms with Gasteiger partial charge in [-0.3, -0.25) is 4.79 Å². The summed E-state index contributed by atoms with van der Waals surface area (Å²) >= 11 is 0. The Morgan fingerprint density at radius 3 is 2.77 bits per heavy atom. The molecule has 0 aliphatic heterocycles. The maximum absolute atomic E-state index is 12.7. The average molecular weight is 358 g/mol. The first kappa shape index (κ1) is 18.3. The third kappa shape index (κ3) is 3.69. The summed E-state index contributed by atoms with van der Waals surface area (Å²) in [5.74, 6) is 1.07. The lowest BCUT2D eigenvalue weighted by Crippen LogP contribution is -2.45. The lowest BCUT2D eigenvalue weighted by molar-refractivity contribution is -0.123. The molecule has 0 radical (unpaired) electrons. The number of ether oxygens (including phenoxy) is 1. The number of aromatic nitrogens is 1. The molecule has 1 aliphatic carbocycles. The van der Waals surface area contributed by atoms with Gasteiger partial charge in [0, 0.05) is 6.04 Å². The number of rotatable bonds is 5. The number of esters is 1. The highest BCUT2D eigenvalue weighted by molar-refractivity contribution is 5.90. The van der Waals surface area contributed by atoms with E-state index in [9.17, 15) is 9.59 Å². The van der Waals surface area contributed by atoms with E-state index in [4.69, 9.17) is 9.15 Å². The molecule has 0 saturated heterocycles. The van der Waals surface area contributed by atoms with Gasteiger partial charge >= 0.3 is 5.97 Å². The van der Waals surface area contributed by atoms with E-state index >= 15 is 0 Å². The summed E-state index contributed by atoms with van der Waals surface area (Å²) in [4.78, 5) is 24.8. The summed E-state index contributed by atoms with van der Waals surface area (Å²) in [7, 11) is 1.33. The molecule has 1 N–H and O–H groups in total. The molecule has 1 fully saturated rings. The Morgan fingerprint density at radius 2 is 2.08 bits per heavy atom. The first-order valence-corrected chi connectivity index (χ1v) is 9.12. The second-order valence-corrected chi connectivity index (χ2v) is 7.10. The molecule has 0 spiro atoms. The summed E-state index contributed by atoms with van der Waals surface area (Å²) in [6.07, 6.45) is 4.90. The van der Waals surface area contributed by atoms with Crippen molar-refractivity contribution in [3.63, 3.8) is 0 Å². The fourth-order valence-corrected chi connectivity index (χ4v) is 3.74. The summed E-state index contributed by atoms with van der Waals surface area (Å²) in [6, 6.07) is 7.17. The van der Waals surface area contributed by atoms with Gasteiger partial charge in [0.05, 0.1) is 19.1 Å². The monoisotopic (exact) mass is 358 g/mol. The van der Waals surface area contributed by atoms with Crippen LogP contribution in [0.15, 0.2) is 34.9 Å². The Balaban J connectivity index is 1.80. The van der Waals surface area contributed by atoms with Crippen molar-refractivity contribution in [3.05, 3.63) is 36.2 Å². The minimum absolute atomic E-state index is 0.0467. The molecule has 3 atom stereocenters. The Bertz CT molecular complexity index is 763. The number of hydrogen-bond acceptors (Lipinski definition) is 4. The van der Waals surface area contributed by atoms with Gasteiger partial charge in [0.1, 0.15) is 18.0 Å². The van der Waals surface area contributed by atoms with Crippen molar-refractivity contribution in [3.8, 4) is 11.5 Å². The van der Waals surface area contributed by atoms with Crippen molar-refractivity contribution in [1.82, 2.24) is 9.88 Å². The Labute approximate surface area is 153 Å². The van der Waals surface area contributed by atoms with Gasteiger partial charge in [0.25, 0.3) is 0 Å². The third-order valence-corrected chi connectivity index (χ3v) is 5.50. The number of carbonyl (C=O) groups is 2. The summed E-state index contributed by atoms with van der Waals surface area (Å²) in [5, 5.41) is 3.15. The van der Waals surface area contributed by atoms with E-state index in [1.807, 2.05) is 0 Å². The summed E-state index contributed by atoms with van der Waals surface area (Å²) < 4.78 is 11.9. The van der Waals surface area contributed by atoms with Crippen LogP contribution in [0.2, 0.25) is 0 Å². The van der Waals surface area contributed by atoms with Gasteiger partial charge < -0.3 is 19.0 Å². The molecule has 0 aromatic carbocycles. The van der Waals surface area contributed by atoms with E-state index in [-0.39, 0.29) is 18.5 Å². The SMILES string of the molecule is COC(=O)c1ccc(-c2ccco2)n1CC(=O)NC1CCCC(C)C1C. The molecule has 3 unspecified atom stereocenters. The largest absolute Gasteiger partial charge is 0.464 e. The third-order valence-electron chi connectivity index (χ3n) is 5.50. The first-order valence-electron chi connectivity index (χ1n) is 9.12. The van der Waals surface area contributed by atoms with E-state index in [2.05, 4.69) is 19.2 Å². The highest BCUT2D eigenvalue weighted by Crippen LogP contribution is 2.29. The predicted molar refractivity (Wildman–Crippen MR) is 97.6 cm³/mol. The van der Waals surface area contributed by atoms with Crippen LogP contribution in [0.25, 0.3) is 11.5 Å². The van der Waals surface area contributed by atoms with Gasteiger partial charge in [-0.1, -0.05) is 26.7 Å². The zero-order valence-electron chi connectivity index (χ0n) is 15.5. The quantitative estimate of drug-likeness (QED) is 0.831. The highest BCUT2D eigenvalue weighted by atomic mass is 16.5.